The number of pyridine rings is 1. The summed E-state index contributed by atoms with van der Waals surface area (Å²) in [4.78, 5) is 45.2. The van der Waals surface area contributed by atoms with Crippen molar-refractivity contribution < 1.29 is 23.5 Å². The zero-order valence-corrected chi connectivity index (χ0v) is 31.9. The summed E-state index contributed by atoms with van der Waals surface area (Å²) in [6.07, 6.45) is 10.3. The Bertz CT molecular complexity index is 2430. The monoisotopic (exact) mass is 763 g/mol. The first-order valence-corrected chi connectivity index (χ1v) is 17.3. The Labute approximate surface area is 320 Å². The van der Waals surface area contributed by atoms with E-state index in [1.54, 1.807) is 49.3 Å². The molecule has 7 rings (SSSR count). The van der Waals surface area contributed by atoms with Gasteiger partial charge >= 0.3 is 12.2 Å². The smallest absolute Gasteiger partial charge is 0.435 e. The molecule has 0 aliphatic carbocycles. The highest BCUT2D eigenvalue weighted by Gasteiger charge is 2.20. The van der Waals surface area contributed by atoms with E-state index in [0.29, 0.717) is 34.3 Å². The molecule has 1 aromatic carbocycles. The van der Waals surface area contributed by atoms with Crippen molar-refractivity contribution in [3.8, 4) is 22.4 Å². The number of fused-ring (bicyclic) bond motifs is 1. The van der Waals surface area contributed by atoms with Gasteiger partial charge in [-0.15, -0.1) is 0 Å². The van der Waals surface area contributed by atoms with Crippen LogP contribution < -0.4 is 10.6 Å². The van der Waals surface area contributed by atoms with Crippen molar-refractivity contribution in [3.05, 3.63) is 103 Å². The van der Waals surface area contributed by atoms with Crippen LogP contribution in [0.15, 0.2) is 96.4 Å². The number of aryl methyl sites for hydroxylation is 1. The van der Waals surface area contributed by atoms with Crippen LogP contribution in [0.5, 0.6) is 0 Å². The lowest BCUT2D eigenvalue weighted by atomic mass is 10.1. The SMILES string of the molecule is CC(C)(C)OC(=O)n1cc(-c2ccc(Nc3nc(Cl)nc4ccoc34)cc2)cn1.Cc1nccc(Nc2ccc(-c3cnn(C(=O)OC(C)(C)C)c3)nc2)n1. The molecule has 2 N–H and O–H groups in total. The molecule has 7 aromatic rings. The van der Waals surface area contributed by atoms with E-state index in [1.807, 2.05) is 84.9 Å². The number of nitrogens with one attached hydrogen (secondary N) is 2. The number of halogens is 1. The Hall–Kier alpha value is -6.68. The lowest BCUT2D eigenvalue weighted by molar-refractivity contribution is 0.0503. The molecule has 0 atom stereocenters. The number of aromatic nitrogens is 9. The minimum Gasteiger partial charge on any atom is -0.459 e. The van der Waals surface area contributed by atoms with Crippen LogP contribution in [0.4, 0.5) is 32.6 Å². The van der Waals surface area contributed by atoms with Crippen molar-refractivity contribution in [3.63, 3.8) is 0 Å². The molecule has 0 radical (unpaired) electrons. The second-order valence-electron chi connectivity index (χ2n) is 14.0. The van der Waals surface area contributed by atoms with E-state index in [1.165, 1.54) is 10.9 Å². The molecule has 0 unspecified atom stereocenters. The van der Waals surface area contributed by atoms with Gasteiger partial charge in [0.1, 0.15) is 28.4 Å². The number of carbonyl (C=O) groups excluding carboxylic acids is 2. The molecule has 0 spiro atoms. The summed E-state index contributed by atoms with van der Waals surface area (Å²) >= 11 is 5.97. The summed E-state index contributed by atoms with van der Waals surface area (Å²) in [7, 11) is 0. The predicted molar refractivity (Wildman–Crippen MR) is 207 cm³/mol. The van der Waals surface area contributed by atoms with Gasteiger partial charge in [0.25, 0.3) is 0 Å². The normalized spacial score (nSPS) is 11.4. The van der Waals surface area contributed by atoms with Crippen LogP contribution in [0.3, 0.4) is 0 Å². The molecule has 16 nitrogen and oxygen atoms in total. The molecule has 6 heterocycles. The number of carbonyl (C=O) groups is 2. The molecule has 0 fully saturated rings. The van der Waals surface area contributed by atoms with E-state index in [0.717, 1.165) is 32.7 Å². The largest absolute Gasteiger partial charge is 0.459 e. The van der Waals surface area contributed by atoms with Crippen LogP contribution in [-0.4, -0.2) is 67.9 Å². The predicted octanol–water partition coefficient (Wildman–Crippen LogP) is 8.84. The maximum absolute atomic E-state index is 12.1. The highest BCUT2D eigenvalue weighted by molar-refractivity contribution is 6.28. The summed E-state index contributed by atoms with van der Waals surface area (Å²) in [5.74, 6) is 1.87. The molecule has 0 amide bonds. The number of hydrogen-bond donors (Lipinski definition) is 2. The first-order chi connectivity index (χ1) is 26.1. The Kier molecular flexibility index (Phi) is 10.9. The molecule has 0 aliphatic heterocycles. The molecule has 0 saturated carbocycles. The molecule has 0 aliphatic rings. The van der Waals surface area contributed by atoms with Gasteiger partial charge in [-0.3, -0.25) is 4.98 Å². The van der Waals surface area contributed by atoms with Gasteiger partial charge in [-0.1, -0.05) is 12.1 Å². The molecular formula is C38H38ClN11O5. The Balaban J connectivity index is 0.000000188. The lowest BCUT2D eigenvalue weighted by Crippen LogP contribution is -2.27. The third kappa shape index (κ3) is 10.3. The minimum absolute atomic E-state index is 0.132. The number of rotatable bonds is 6. The van der Waals surface area contributed by atoms with Crippen LogP contribution in [0.1, 0.15) is 47.4 Å². The van der Waals surface area contributed by atoms with Crippen molar-refractivity contribution >= 4 is 57.9 Å². The maximum atomic E-state index is 12.1. The molecule has 282 valence electrons. The molecular weight excluding hydrogens is 726 g/mol. The van der Waals surface area contributed by atoms with Crippen molar-refractivity contribution in [1.82, 2.24) is 44.5 Å². The topological polar surface area (TPSA) is 190 Å². The van der Waals surface area contributed by atoms with Crippen LogP contribution in [-0.2, 0) is 9.47 Å². The van der Waals surface area contributed by atoms with Crippen LogP contribution in [0.25, 0.3) is 33.5 Å². The summed E-state index contributed by atoms with van der Waals surface area (Å²) < 4.78 is 18.4. The highest BCUT2D eigenvalue weighted by Crippen LogP contribution is 2.28. The van der Waals surface area contributed by atoms with E-state index >= 15 is 0 Å². The molecule has 0 bridgehead atoms. The number of ether oxygens (including phenoxy) is 2. The summed E-state index contributed by atoms with van der Waals surface area (Å²) in [6, 6.07) is 14.8. The van der Waals surface area contributed by atoms with Crippen LogP contribution >= 0.6 is 11.6 Å². The van der Waals surface area contributed by atoms with Gasteiger partial charge in [-0.25, -0.2) is 24.5 Å². The Morgan fingerprint density at radius 2 is 1.35 bits per heavy atom. The standard InChI is InChI=1S/C20H18ClN5O3.C18H20N6O2/c1-20(2,3)29-19(27)26-11-13(10-22-26)12-4-6-14(7-5-12)23-17-16-15(8-9-28-16)24-18(21)25-17;1-12-19-8-7-16(22-12)23-14-5-6-15(20-10-14)13-9-21-24(11-13)17(25)26-18(2,3)4/h4-11H,1-3H3,(H,23,24,25);5-11H,1-4H3,(H,19,22,23). The third-order valence-electron chi connectivity index (χ3n) is 7.19. The van der Waals surface area contributed by atoms with E-state index in [4.69, 9.17) is 25.5 Å². The first-order valence-electron chi connectivity index (χ1n) is 17.0. The number of hydrogen-bond acceptors (Lipinski definition) is 14. The number of furan rings is 1. The van der Waals surface area contributed by atoms with Crippen molar-refractivity contribution in [2.75, 3.05) is 10.6 Å². The van der Waals surface area contributed by atoms with Crippen LogP contribution in [0.2, 0.25) is 5.28 Å². The zero-order valence-electron chi connectivity index (χ0n) is 31.1. The Morgan fingerprint density at radius 1 is 0.709 bits per heavy atom. The van der Waals surface area contributed by atoms with Crippen molar-refractivity contribution in [2.45, 2.75) is 59.7 Å². The number of anilines is 4. The third-order valence-corrected chi connectivity index (χ3v) is 7.36. The minimum atomic E-state index is -0.584. The van der Waals surface area contributed by atoms with E-state index in [9.17, 15) is 9.59 Å². The number of nitrogens with zero attached hydrogens (tertiary/aromatic N) is 9. The molecule has 0 saturated heterocycles. The molecule has 17 heteroatoms. The van der Waals surface area contributed by atoms with Crippen molar-refractivity contribution in [2.24, 2.45) is 0 Å². The first kappa shape index (κ1) is 38.1. The average molecular weight is 764 g/mol. The summed E-state index contributed by atoms with van der Waals surface area (Å²) in [5.41, 5.74) is 4.69. The van der Waals surface area contributed by atoms with Gasteiger partial charge in [-0.2, -0.15) is 24.5 Å². The van der Waals surface area contributed by atoms with Crippen LogP contribution in [0, 0.1) is 6.92 Å². The number of benzene rings is 1. The second-order valence-corrected chi connectivity index (χ2v) is 14.4. The molecule has 55 heavy (non-hydrogen) atoms. The van der Waals surface area contributed by atoms with Gasteiger partial charge in [-0.05, 0) is 96.0 Å². The second kappa shape index (κ2) is 15.7. The van der Waals surface area contributed by atoms with Crippen molar-refractivity contribution in [1.29, 1.82) is 0 Å². The highest BCUT2D eigenvalue weighted by atomic mass is 35.5. The van der Waals surface area contributed by atoms with Gasteiger partial charge in [0, 0.05) is 41.5 Å². The van der Waals surface area contributed by atoms with Gasteiger partial charge < -0.3 is 24.5 Å². The molecule has 6 aromatic heterocycles. The summed E-state index contributed by atoms with van der Waals surface area (Å²) in [6.45, 7) is 12.7. The van der Waals surface area contributed by atoms with Gasteiger partial charge in [0.05, 0.1) is 36.2 Å². The quantitative estimate of drug-likeness (QED) is 0.153. The fourth-order valence-electron chi connectivity index (χ4n) is 4.86. The Morgan fingerprint density at radius 3 is 1.96 bits per heavy atom. The van der Waals surface area contributed by atoms with Gasteiger partial charge in [0.2, 0.25) is 5.28 Å². The van der Waals surface area contributed by atoms with E-state index < -0.39 is 23.4 Å². The summed E-state index contributed by atoms with van der Waals surface area (Å²) in [5, 5.41) is 14.6. The van der Waals surface area contributed by atoms with E-state index in [-0.39, 0.29) is 5.28 Å². The fraction of sp³-hybridized carbons (Fsp3) is 0.237. The van der Waals surface area contributed by atoms with Gasteiger partial charge in [0.15, 0.2) is 11.4 Å². The lowest BCUT2D eigenvalue weighted by Gasteiger charge is -2.18. The maximum Gasteiger partial charge on any atom is 0.435 e. The fourth-order valence-corrected chi connectivity index (χ4v) is 5.03. The van der Waals surface area contributed by atoms with E-state index in [2.05, 4.69) is 45.8 Å². The average Bonchev–Trinajstić information content (AvgIpc) is 3.90. The zero-order chi connectivity index (χ0) is 39.3.